The number of aliphatic carboxylic acids is 1. The summed E-state index contributed by atoms with van der Waals surface area (Å²) in [5.74, 6) is 0.922. The molecular formula is C9H12N2O3S2. The van der Waals surface area contributed by atoms with Gasteiger partial charge in [0, 0.05) is 0 Å². The van der Waals surface area contributed by atoms with E-state index in [1.807, 2.05) is 11.8 Å². The SMILES string of the molecule is O=C(O)CSc1nc(C2CCCCS2)no1. The summed E-state index contributed by atoms with van der Waals surface area (Å²) >= 11 is 2.91. The van der Waals surface area contributed by atoms with Crippen molar-refractivity contribution >= 4 is 29.5 Å². The molecule has 2 heterocycles. The molecule has 1 fully saturated rings. The Bertz CT molecular complexity index is 363. The van der Waals surface area contributed by atoms with Crippen LogP contribution in [0.15, 0.2) is 9.75 Å². The smallest absolute Gasteiger partial charge is 0.314 e. The average molecular weight is 260 g/mol. The molecule has 0 aromatic carbocycles. The molecule has 2 rings (SSSR count). The van der Waals surface area contributed by atoms with E-state index < -0.39 is 5.97 Å². The molecule has 1 aliphatic rings. The third kappa shape index (κ3) is 3.15. The van der Waals surface area contributed by atoms with E-state index in [0.29, 0.717) is 16.3 Å². The first kappa shape index (κ1) is 11.8. The van der Waals surface area contributed by atoms with Crippen molar-refractivity contribution in [2.75, 3.05) is 11.5 Å². The van der Waals surface area contributed by atoms with E-state index in [0.717, 1.165) is 23.9 Å². The van der Waals surface area contributed by atoms with Crippen LogP contribution in [-0.2, 0) is 4.79 Å². The first-order chi connectivity index (χ1) is 7.75. The van der Waals surface area contributed by atoms with Crippen LogP contribution in [0.25, 0.3) is 0 Å². The molecule has 1 aromatic rings. The molecule has 0 radical (unpaired) electrons. The van der Waals surface area contributed by atoms with Crippen LogP contribution in [0.2, 0.25) is 0 Å². The number of carbonyl (C=O) groups is 1. The van der Waals surface area contributed by atoms with Gasteiger partial charge in [-0.05, 0) is 18.6 Å². The highest BCUT2D eigenvalue weighted by molar-refractivity contribution is 7.99. The summed E-state index contributed by atoms with van der Waals surface area (Å²) in [6.45, 7) is 0. The van der Waals surface area contributed by atoms with E-state index in [1.54, 1.807) is 0 Å². The highest BCUT2D eigenvalue weighted by atomic mass is 32.2. The molecule has 1 aromatic heterocycles. The molecule has 1 saturated heterocycles. The van der Waals surface area contributed by atoms with Gasteiger partial charge in [0.1, 0.15) is 5.75 Å². The van der Waals surface area contributed by atoms with Crippen molar-refractivity contribution in [2.24, 2.45) is 0 Å². The molecule has 0 aliphatic carbocycles. The van der Waals surface area contributed by atoms with E-state index in [4.69, 9.17) is 9.63 Å². The Kier molecular flexibility index (Phi) is 4.11. The first-order valence-corrected chi connectivity index (χ1v) is 7.09. The van der Waals surface area contributed by atoms with Crippen molar-refractivity contribution in [1.29, 1.82) is 0 Å². The third-order valence-corrected chi connectivity index (χ3v) is 4.39. The van der Waals surface area contributed by atoms with Crippen LogP contribution in [-0.4, -0.2) is 32.7 Å². The minimum absolute atomic E-state index is 0.0422. The zero-order chi connectivity index (χ0) is 11.4. The van der Waals surface area contributed by atoms with Crippen molar-refractivity contribution in [3.05, 3.63) is 5.82 Å². The molecule has 5 nitrogen and oxygen atoms in total. The van der Waals surface area contributed by atoms with Gasteiger partial charge in [-0.15, -0.1) is 0 Å². The number of thioether (sulfide) groups is 2. The van der Waals surface area contributed by atoms with Crippen LogP contribution in [0, 0.1) is 0 Å². The Labute approximate surface area is 101 Å². The van der Waals surface area contributed by atoms with Gasteiger partial charge in [-0.1, -0.05) is 23.3 Å². The molecule has 0 saturated carbocycles. The normalized spacial score (nSPS) is 20.9. The first-order valence-electron chi connectivity index (χ1n) is 5.05. The number of rotatable bonds is 4. The monoisotopic (exact) mass is 260 g/mol. The molecule has 16 heavy (non-hydrogen) atoms. The van der Waals surface area contributed by atoms with Crippen molar-refractivity contribution in [3.8, 4) is 0 Å². The summed E-state index contributed by atoms with van der Waals surface area (Å²) in [6, 6.07) is 0. The number of carboxylic acids is 1. The Hall–Kier alpha value is -0.690. The second-order valence-corrected chi connectivity index (χ2v) is 5.69. The lowest BCUT2D eigenvalue weighted by atomic mass is 10.2. The molecule has 1 atom stereocenters. The molecule has 88 valence electrons. The van der Waals surface area contributed by atoms with Crippen LogP contribution < -0.4 is 0 Å². The quantitative estimate of drug-likeness (QED) is 0.831. The summed E-state index contributed by atoms with van der Waals surface area (Å²) in [7, 11) is 0. The van der Waals surface area contributed by atoms with Crippen LogP contribution in [0.4, 0.5) is 0 Å². The summed E-state index contributed by atoms with van der Waals surface area (Å²) in [4.78, 5) is 14.6. The van der Waals surface area contributed by atoms with Gasteiger partial charge < -0.3 is 9.63 Å². The third-order valence-electron chi connectivity index (χ3n) is 2.21. The second-order valence-electron chi connectivity index (χ2n) is 3.46. The maximum Gasteiger partial charge on any atom is 0.314 e. The lowest BCUT2D eigenvalue weighted by molar-refractivity contribution is -0.133. The summed E-state index contributed by atoms with van der Waals surface area (Å²) in [5.41, 5.74) is 0. The van der Waals surface area contributed by atoms with Crippen molar-refractivity contribution < 1.29 is 14.4 Å². The van der Waals surface area contributed by atoms with E-state index >= 15 is 0 Å². The van der Waals surface area contributed by atoms with E-state index in [-0.39, 0.29) is 5.75 Å². The Balaban J connectivity index is 1.93. The highest BCUT2D eigenvalue weighted by Crippen LogP contribution is 2.37. The average Bonchev–Trinajstić information content (AvgIpc) is 2.76. The number of hydrogen-bond donors (Lipinski definition) is 1. The maximum absolute atomic E-state index is 10.4. The van der Waals surface area contributed by atoms with Crippen LogP contribution in [0.3, 0.4) is 0 Å². The van der Waals surface area contributed by atoms with Gasteiger partial charge >= 0.3 is 5.97 Å². The fourth-order valence-electron chi connectivity index (χ4n) is 1.48. The van der Waals surface area contributed by atoms with Gasteiger partial charge in [0.25, 0.3) is 5.22 Å². The second kappa shape index (κ2) is 5.58. The van der Waals surface area contributed by atoms with Crippen LogP contribution in [0.5, 0.6) is 0 Å². The molecule has 0 amide bonds. The van der Waals surface area contributed by atoms with Crippen molar-refractivity contribution in [2.45, 2.75) is 29.7 Å². The Morgan fingerprint density at radius 1 is 1.62 bits per heavy atom. The maximum atomic E-state index is 10.4. The molecule has 0 spiro atoms. The van der Waals surface area contributed by atoms with Gasteiger partial charge in [0.15, 0.2) is 5.82 Å². The number of carboxylic acid groups (broad SMARTS) is 1. The van der Waals surface area contributed by atoms with Gasteiger partial charge in [0.2, 0.25) is 0 Å². The fraction of sp³-hybridized carbons (Fsp3) is 0.667. The minimum Gasteiger partial charge on any atom is -0.481 e. The van der Waals surface area contributed by atoms with Crippen molar-refractivity contribution in [3.63, 3.8) is 0 Å². The van der Waals surface area contributed by atoms with E-state index in [9.17, 15) is 4.79 Å². The Morgan fingerprint density at radius 2 is 2.50 bits per heavy atom. The molecule has 1 unspecified atom stereocenters. The highest BCUT2D eigenvalue weighted by Gasteiger charge is 2.21. The number of nitrogens with zero attached hydrogens (tertiary/aromatic N) is 2. The predicted octanol–water partition coefficient (Wildman–Crippen LogP) is 2.20. The van der Waals surface area contributed by atoms with Crippen LogP contribution in [0.1, 0.15) is 30.3 Å². The minimum atomic E-state index is -0.878. The molecule has 1 aliphatic heterocycles. The van der Waals surface area contributed by atoms with Crippen LogP contribution >= 0.6 is 23.5 Å². The fourth-order valence-corrected chi connectivity index (χ4v) is 3.21. The van der Waals surface area contributed by atoms with Gasteiger partial charge in [-0.2, -0.15) is 16.7 Å². The Morgan fingerprint density at radius 3 is 3.19 bits per heavy atom. The zero-order valence-electron chi connectivity index (χ0n) is 8.59. The predicted molar refractivity (Wildman–Crippen MR) is 61.7 cm³/mol. The lowest BCUT2D eigenvalue weighted by Gasteiger charge is -2.17. The van der Waals surface area contributed by atoms with Gasteiger partial charge in [-0.3, -0.25) is 4.79 Å². The van der Waals surface area contributed by atoms with Gasteiger partial charge in [-0.25, -0.2) is 0 Å². The molecule has 0 bridgehead atoms. The number of aromatic nitrogens is 2. The number of hydrogen-bond acceptors (Lipinski definition) is 6. The summed E-state index contributed by atoms with van der Waals surface area (Å²) < 4.78 is 4.99. The van der Waals surface area contributed by atoms with Gasteiger partial charge in [0.05, 0.1) is 5.25 Å². The standard InChI is InChI=1S/C9H12N2O3S2/c12-7(13)5-16-9-10-8(11-14-9)6-3-1-2-4-15-6/h6H,1-5H2,(H,12,13). The molecule has 1 N–H and O–H groups in total. The zero-order valence-corrected chi connectivity index (χ0v) is 10.2. The summed E-state index contributed by atoms with van der Waals surface area (Å²) in [6.07, 6.45) is 3.52. The van der Waals surface area contributed by atoms with Crippen molar-refractivity contribution in [1.82, 2.24) is 10.1 Å². The molecule has 7 heteroatoms. The lowest BCUT2D eigenvalue weighted by Crippen LogP contribution is -2.03. The summed E-state index contributed by atoms with van der Waals surface area (Å²) in [5, 5.41) is 13.1. The van der Waals surface area contributed by atoms with E-state index in [1.165, 1.54) is 12.8 Å². The topological polar surface area (TPSA) is 76.2 Å². The molecular weight excluding hydrogens is 248 g/mol. The van der Waals surface area contributed by atoms with E-state index in [2.05, 4.69) is 10.1 Å². The largest absolute Gasteiger partial charge is 0.481 e.